The SMILES string of the molecule is CCOC=C=CCOCC. The quantitative estimate of drug-likeness (QED) is 0.330. The fourth-order valence-electron chi connectivity index (χ4n) is 0.404. The summed E-state index contributed by atoms with van der Waals surface area (Å²) in [6, 6.07) is 0. The fraction of sp³-hybridized carbons (Fsp3) is 0.625. The summed E-state index contributed by atoms with van der Waals surface area (Å²) in [5, 5.41) is 0. The van der Waals surface area contributed by atoms with Gasteiger partial charge in [-0.05, 0) is 19.9 Å². The van der Waals surface area contributed by atoms with Gasteiger partial charge in [0.25, 0.3) is 0 Å². The maximum atomic E-state index is 5.02. The van der Waals surface area contributed by atoms with Gasteiger partial charge >= 0.3 is 0 Å². The smallest absolute Gasteiger partial charge is 0.125 e. The zero-order valence-corrected chi connectivity index (χ0v) is 6.59. The van der Waals surface area contributed by atoms with E-state index in [0.29, 0.717) is 13.2 Å². The van der Waals surface area contributed by atoms with Crippen molar-refractivity contribution in [2.75, 3.05) is 19.8 Å². The van der Waals surface area contributed by atoms with Gasteiger partial charge in [0.1, 0.15) is 6.26 Å². The van der Waals surface area contributed by atoms with Gasteiger partial charge in [-0.25, -0.2) is 0 Å². The minimum Gasteiger partial charge on any atom is -0.493 e. The average molecular weight is 142 g/mol. The summed E-state index contributed by atoms with van der Waals surface area (Å²) in [6.45, 7) is 5.93. The van der Waals surface area contributed by atoms with Crippen LogP contribution in [-0.2, 0) is 9.47 Å². The zero-order chi connectivity index (χ0) is 7.66. The van der Waals surface area contributed by atoms with Crippen molar-refractivity contribution in [2.24, 2.45) is 0 Å². The van der Waals surface area contributed by atoms with Gasteiger partial charge < -0.3 is 9.47 Å². The molecule has 0 saturated heterocycles. The van der Waals surface area contributed by atoms with Crippen LogP contribution in [0.1, 0.15) is 13.8 Å². The van der Waals surface area contributed by atoms with Gasteiger partial charge in [0, 0.05) is 6.61 Å². The van der Waals surface area contributed by atoms with Crippen LogP contribution in [0.15, 0.2) is 18.1 Å². The second-order valence-corrected chi connectivity index (χ2v) is 1.60. The third-order valence-corrected chi connectivity index (χ3v) is 0.841. The normalized spacial score (nSPS) is 8.20. The fourth-order valence-corrected chi connectivity index (χ4v) is 0.404. The van der Waals surface area contributed by atoms with Crippen LogP contribution in [-0.4, -0.2) is 19.8 Å². The monoisotopic (exact) mass is 142 g/mol. The molecule has 58 valence electrons. The van der Waals surface area contributed by atoms with Crippen LogP contribution in [0.2, 0.25) is 0 Å². The highest BCUT2D eigenvalue weighted by Crippen LogP contribution is 1.75. The largest absolute Gasteiger partial charge is 0.493 e. The van der Waals surface area contributed by atoms with E-state index in [1.54, 1.807) is 12.3 Å². The maximum Gasteiger partial charge on any atom is 0.125 e. The minimum atomic E-state index is 0.611. The van der Waals surface area contributed by atoms with Crippen molar-refractivity contribution in [3.63, 3.8) is 0 Å². The van der Waals surface area contributed by atoms with E-state index in [4.69, 9.17) is 9.47 Å². The molecule has 0 aromatic rings. The number of ether oxygens (including phenoxy) is 2. The Morgan fingerprint density at radius 3 is 2.70 bits per heavy atom. The molecule has 2 nitrogen and oxygen atoms in total. The Hall–Kier alpha value is -0.720. The molecule has 0 fully saturated rings. The van der Waals surface area contributed by atoms with Crippen molar-refractivity contribution in [2.45, 2.75) is 13.8 Å². The summed E-state index contributed by atoms with van der Waals surface area (Å²) >= 11 is 0. The summed E-state index contributed by atoms with van der Waals surface area (Å²) in [5.74, 6) is 0. The van der Waals surface area contributed by atoms with E-state index in [9.17, 15) is 0 Å². The Labute approximate surface area is 62.1 Å². The Bertz CT molecular complexity index is 112. The highest BCUT2D eigenvalue weighted by Gasteiger charge is 1.71. The predicted octanol–water partition coefficient (Wildman–Crippen LogP) is 1.73. The van der Waals surface area contributed by atoms with Gasteiger partial charge in [0.05, 0.1) is 13.2 Å². The van der Waals surface area contributed by atoms with E-state index in [2.05, 4.69) is 5.73 Å². The van der Waals surface area contributed by atoms with Crippen LogP contribution in [0.4, 0.5) is 0 Å². The zero-order valence-electron chi connectivity index (χ0n) is 6.59. The van der Waals surface area contributed by atoms with Crippen LogP contribution >= 0.6 is 0 Å². The molecule has 0 aliphatic carbocycles. The molecule has 0 N–H and O–H groups in total. The van der Waals surface area contributed by atoms with Gasteiger partial charge in [-0.2, -0.15) is 0 Å². The molecule has 0 aromatic heterocycles. The molecule has 0 heterocycles. The van der Waals surface area contributed by atoms with Crippen molar-refractivity contribution in [1.29, 1.82) is 0 Å². The van der Waals surface area contributed by atoms with Gasteiger partial charge in [0.15, 0.2) is 0 Å². The Morgan fingerprint density at radius 2 is 2.10 bits per heavy atom. The Balaban J connectivity index is 3.17. The van der Waals surface area contributed by atoms with Crippen molar-refractivity contribution in [3.05, 3.63) is 18.1 Å². The lowest BCUT2D eigenvalue weighted by Gasteiger charge is -1.89. The van der Waals surface area contributed by atoms with Gasteiger partial charge in [-0.15, -0.1) is 0 Å². The number of rotatable bonds is 5. The summed E-state index contributed by atoms with van der Waals surface area (Å²) < 4.78 is 9.91. The van der Waals surface area contributed by atoms with Gasteiger partial charge in [0.2, 0.25) is 0 Å². The second kappa shape index (κ2) is 8.28. The molecule has 0 unspecified atom stereocenters. The molecular weight excluding hydrogens is 128 g/mol. The Morgan fingerprint density at radius 1 is 1.30 bits per heavy atom. The van der Waals surface area contributed by atoms with Crippen LogP contribution in [0.25, 0.3) is 0 Å². The first-order valence-corrected chi connectivity index (χ1v) is 3.50. The second-order valence-electron chi connectivity index (χ2n) is 1.60. The molecule has 0 spiro atoms. The maximum absolute atomic E-state index is 5.02. The molecule has 0 atom stereocenters. The molecule has 0 aliphatic rings. The molecule has 0 radical (unpaired) electrons. The number of hydrogen-bond acceptors (Lipinski definition) is 2. The predicted molar refractivity (Wildman–Crippen MR) is 40.8 cm³/mol. The standard InChI is InChI=1S/C8H14O2/c1-3-9-7-5-6-8-10-4-2/h5,8H,3-4,7H2,1-2H3. The molecule has 0 rings (SSSR count). The highest BCUT2D eigenvalue weighted by atomic mass is 16.5. The van der Waals surface area contributed by atoms with E-state index in [0.717, 1.165) is 6.61 Å². The van der Waals surface area contributed by atoms with E-state index in [-0.39, 0.29) is 0 Å². The summed E-state index contributed by atoms with van der Waals surface area (Å²) in [6.07, 6.45) is 3.33. The number of hydrogen-bond donors (Lipinski definition) is 0. The van der Waals surface area contributed by atoms with E-state index >= 15 is 0 Å². The van der Waals surface area contributed by atoms with Gasteiger partial charge in [-0.1, -0.05) is 5.73 Å². The summed E-state index contributed by atoms with van der Waals surface area (Å²) in [7, 11) is 0. The minimum absolute atomic E-state index is 0.611. The third kappa shape index (κ3) is 7.28. The highest BCUT2D eigenvalue weighted by molar-refractivity contribution is 4.78. The van der Waals surface area contributed by atoms with E-state index in [1.165, 1.54) is 0 Å². The van der Waals surface area contributed by atoms with Crippen molar-refractivity contribution in [3.8, 4) is 0 Å². The van der Waals surface area contributed by atoms with Crippen LogP contribution in [0.5, 0.6) is 0 Å². The van der Waals surface area contributed by atoms with E-state index < -0.39 is 0 Å². The summed E-state index contributed by atoms with van der Waals surface area (Å²) in [4.78, 5) is 0. The van der Waals surface area contributed by atoms with E-state index in [1.807, 2.05) is 13.8 Å². The molecule has 10 heavy (non-hydrogen) atoms. The Kier molecular flexibility index (Phi) is 7.68. The first-order valence-electron chi connectivity index (χ1n) is 3.50. The molecule has 2 heteroatoms. The molecule has 0 bridgehead atoms. The topological polar surface area (TPSA) is 18.5 Å². The van der Waals surface area contributed by atoms with Crippen LogP contribution in [0.3, 0.4) is 0 Å². The molecular formula is C8H14O2. The first kappa shape index (κ1) is 9.28. The van der Waals surface area contributed by atoms with Crippen molar-refractivity contribution >= 4 is 0 Å². The van der Waals surface area contributed by atoms with Gasteiger partial charge in [-0.3, -0.25) is 0 Å². The molecule has 0 aliphatic heterocycles. The molecule has 0 aromatic carbocycles. The first-order chi connectivity index (χ1) is 4.91. The van der Waals surface area contributed by atoms with Crippen LogP contribution in [0, 0.1) is 0 Å². The van der Waals surface area contributed by atoms with Crippen molar-refractivity contribution < 1.29 is 9.47 Å². The average Bonchev–Trinajstić information content (AvgIpc) is 1.97. The lowest BCUT2D eigenvalue weighted by atomic mass is 10.6. The van der Waals surface area contributed by atoms with Crippen LogP contribution < -0.4 is 0 Å². The lowest BCUT2D eigenvalue weighted by molar-refractivity contribution is 0.177. The molecule has 0 saturated carbocycles. The lowest BCUT2D eigenvalue weighted by Crippen LogP contribution is -1.86. The van der Waals surface area contributed by atoms with Crippen molar-refractivity contribution in [1.82, 2.24) is 0 Å². The third-order valence-electron chi connectivity index (χ3n) is 0.841. The molecule has 0 amide bonds. The summed E-state index contributed by atoms with van der Waals surface area (Å²) in [5.41, 5.74) is 2.82.